The molecule has 3 heteroatoms. The summed E-state index contributed by atoms with van der Waals surface area (Å²) >= 11 is 12.3. The molecule has 3 atom stereocenters. The Bertz CT molecular complexity index is 378. The Kier molecular flexibility index (Phi) is 3.78. The summed E-state index contributed by atoms with van der Waals surface area (Å²) in [5, 5.41) is 1.34. The second-order valence-electron chi connectivity index (χ2n) is 4.36. The number of rotatable bonds is 4. The van der Waals surface area contributed by atoms with Crippen LogP contribution in [0.3, 0.4) is 0 Å². The van der Waals surface area contributed by atoms with Crippen molar-refractivity contribution in [3.63, 3.8) is 0 Å². The molecule has 2 rings (SSSR count). The van der Waals surface area contributed by atoms with Crippen LogP contribution >= 0.6 is 23.2 Å². The number of epoxide rings is 1. The predicted molar refractivity (Wildman–Crippen MR) is 68.4 cm³/mol. The summed E-state index contributed by atoms with van der Waals surface area (Å²) in [6, 6.07) is 5.86. The van der Waals surface area contributed by atoms with Crippen molar-refractivity contribution in [1.29, 1.82) is 0 Å². The largest absolute Gasteiger partial charge is 0.370 e. The molecule has 88 valence electrons. The first kappa shape index (κ1) is 12.2. The normalized spacial score (nSPS) is 25.5. The molecule has 0 amide bonds. The third-order valence-electron chi connectivity index (χ3n) is 3.27. The molecule has 1 aliphatic heterocycles. The first-order chi connectivity index (χ1) is 7.63. The molecule has 3 unspecified atom stereocenters. The third-order valence-corrected chi connectivity index (χ3v) is 4.10. The van der Waals surface area contributed by atoms with Gasteiger partial charge in [-0.2, -0.15) is 0 Å². The molecule has 0 spiro atoms. The Morgan fingerprint density at radius 3 is 2.62 bits per heavy atom. The average Bonchev–Trinajstić information content (AvgIpc) is 2.95. The first-order valence-electron chi connectivity index (χ1n) is 5.72. The van der Waals surface area contributed by atoms with Gasteiger partial charge in [0, 0.05) is 0 Å². The van der Waals surface area contributed by atoms with Gasteiger partial charge in [-0.05, 0) is 37.3 Å². The topological polar surface area (TPSA) is 12.5 Å². The quantitative estimate of drug-likeness (QED) is 0.716. The Morgan fingerprint density at radius 2 is 2.06 bits per heavy atom. The highest BCUT2D eigenvalue weighted by Gasteiger charge is 2.36. The van der Waals surface area contributed by atoms with Gasteiger partial charge in [-0.15, -0.1) is 0 Å². The second kappa shape index (κ2) is 4.95. The zero-order valence-corrected chi connectivity index (χ0v) is 11.1. The molecular weight excluding hydrogens is 243 g/mol. The Balaban J connectivity index is 2.16. The van der Waals surface area contributed by atoms with Crippen LogP contribution < -0.4 is 0 Å². The lowest BCUT2D eigenvalue weighted by atomic mass is 9.91. The van der Waals surface area contributed by atoms with Crippen molar-refractivity contribution in [3.8, 4) is 0 Å². The molecule has 1 fully saturated rings. The zero-order chi connectivity index (χ0) is 11.7. The van der Waals surface area contributed by atoms with E-state index in [1.165, 1.54) is 0 Å². The van der Waals surface area contributed by atoms with Crippen molar-refractivity contribution in [3.05, 3.63) is 33.8 Å². The summed E-state index contributed by atoms with van der Waals surface area (Å²) in [7, 11) is 0. The monoisotopic (exact) mass is 258 g/mol. The van der Waals surface area contributed by atoms with Crippen molar-refractivity contribution in [1.82, 2.24) is 0 Å². The fourth-order valence-corrected chi connectivity index (χ4v) is 2.57. The summed E-state index contributed by atoms with van der Waals surface area (Å²) in [6.07, 6.45) is 2.91. The molecule has 16 heavy (non-hydrogen) atoms. The maximum Gasteiger partial charge on any atom is 0.0844 e. The molecule has 0 saturated carbocycles. The first-order valence-corrected chi connectivity index (χ1v) is 6.48. The van der Waals surface area contributed by atoms with Crippen LogP contribution in [0.15, 0.2) is 18.2 Å². The van der Waals surface area contributed by atoms with Crippen LogP contribution in [0, 0.1) is 0 Å². The van der Waals surface area contributed by atoms with E-state index in [4.69, 9.17) is 27.9 Å². The van der Waals surface area contributed by atoms with Crippen molar-refractivity contribution < 1.29 is 4.74 Å². The smallest absolute Gasteiger partial charge is 0.0844 e. The molecule has 1 aromatic rings. The highest BCUT2D eigenvalue weighted by atomic mass is 35.5. The van der Waals surface area contributed by atoms with Gasteiger partial charge in [-0.1, -0.05) is 42.3 Å². The number of halogens is 2. The minimum Gasteiger partial charge on any atom is -0.370 e. The highest BCUT2D eigenvalue weighted by Crippen LogP contribution is 2.38. The SMILES string of the molecule is CCC(CC1OC1C)c1cccc(Cl)c1Cl. The van der Waals surface area contributed by atoms with Gasteiger partial charge in [0.1, 0.15) is 0 Å². The van der Waals surface area contributed by atoms with Crippen molar-refractivity contribution in [2.75, 3.05) is 0 Å². The van der Waals surface area contributed by atoms with Gasteiger partial charge in [-0.25, -0.2) is 0 Å². The van der Waals surface area contributed by atoms with Crippen LogP contribution in [0.25, 0.3) is 0 Å². The van der Waals surface area contributed by atoms with E-state index in [2.05, 4.69) is 19.9 Å². The summed E-state index contributed by atoms with van der Waals surface area (Å²) in [5.74, 6) is 0.446. The molecule has 0 N–H and O–H groups in total. The third kappa shape index (κ3) is 2.53. The summed E-state index contributed by atoms with van der Waals surface area (Å²) in [4.78, 5) is 0. The van der Waals surface area contributed by atoms with Crippen LogP contribution in [0.5, 0.6) is 0 Å². The number of benzene rings is 1. The van der Waals surface area contributed by atoms with E-state index in [0.29, 0.717) is 28.2 Å². The van der Waals surface area contributed by atoms with E-state index in [1.807, 2.05) is 12.1 Å². The van der Waals surface area contributed by atoms with Gasteiger partial charge in [0.15, 0.2) is 0 Å². The van der Waals surface area contributed by atoms with Gasteiger partial charge in [0.2, 0.25) is 0 Å². The summed E-state index contributed by atoms with van der Waals surface area (Å²) in [5.41, 5.74) is 1.15. The number of hydrogen-bond donors (Lipinski definition) is 0. The molecule has 0 aliphatic carbocycles. The number of hydrogen-bond acceptors (Lipinski definition) is 1. The van der Waals surface area contributed by atoms with Crippen molar-refractivity contribution >= 4 is 23.2 Å². The van der Waals surface area contributed by atoms with Crippen LogP contribution in [0.4, 0.5) is 0 Å². The van der Waals surface area contributed by atoms with Gasteiger partial charge in [0.25, 0.3) is 0 Å². The summed E-state index contributed by atoms with van der Waals surface area (Å²) < 4.78 is 5.46. The lowest BCUT2D eigenvalue weighted by molar-refractivity contribution is 0.357. The fourth-order valence-electron chi connectivity index (χ4n) is 2.11. The van der Waals surface area contributed by atoms with E-state index in [1.54, 1.807) is 0 Å². The minimum atomic E-state index is 0.403. The highest BCUT2D eigenvalue weighted by molar-refractivity contribution is 6.42. The summed E-state index contributed by atoms with van der Waals surface area (Å²) in [6.45, 7) is 4.28. The minimum absolute atomic E-state index is 0.403. The van der Waals surface area contributed by atoms with Crippen LogP contribution in [-0.4, -0.2) is 12.2 Å². The molecule has 0 radical (unpaired) electrons. The molecular formula is C13H16Cl2O. The van der Waals surface area contributed by atoms with Gasteiger partial charge < -0.3 is 4.74 Å². The predicted octanol–water partition coefficient (Wildman–Crippen LogP) is 4.66. The molecule has 1 aliphatic rings. The maximum absolute atomic E-state index is 6.23. The van der Waals surface area contributed by atoms with E-state index < -0.39 is 0 Å². The van der Waals surface area contributed by atoms with Gasteiger partial charge in [0.05, 0.1) is 22.3 Å². The van der Waals surface area contributed by atoms with Crippen LogP contribution in [0.2, 0.25) is 10.0 Å². The van der Waals surface area contributed by atoms with Crippen molar-refractivity contribution in [2.24, 2.45) is 0 Å². The molecule has 0 bridgehead atoms. The van der Waals surface area contributed by atoms with Gasteiger partial charge in [-0.3, -0.25) is 0 Å². The van der Waals surface area contributed by atoms with E-state index in [-0.39, 0.29) is 0 Å². The van der Waals surface area contributed by atoms with Gasteiger partial charge >= 0.3 is 0 Å². The maximum atomic E-state index is 6.23. The van der Waals surface area contributed by atoms with E-state index >= 15 is 0 Å². The van der Waals surface area contributed by atoms with E-state index in [0.717, 1.165) is 18.4 Å². The van der Waals surface area contributed by atoms with E-state index in [9.17, 15) is 0 Å². The molecule has 0 aromatic heterocycles. The average molecular weight is 259 g/mol. The lowest BCUT2D eigenvalue weighted by Crippen LogP contribution is -2.03. The molecule has 1 saturated heterocycles. The second-order valence-corrected chi connectivity index (χ2v) is 5.15. The molecule has 1 heterocycles. The molecule has 1 aromatic carbocycles. The molecule has 1 nitrogen and oxygen atoms in total. The number of ether oxygens (including phenoxy) is 1. The Labute approximate surface area is 107 Å². The van der Waals surface area contributed by atoms with Crippen LogP contribution in [-0.2, 0) is 4.74 Å². The fraction of sp³-hybridized carbons (Fsp3) is 0.538. The standard InChI is InChI=1S/C13H16Cl2O/c1-3-9(7-12-8(2)16-12)10-5-4-6-11(14)13(10)15/h4-6,8-9,12H,3,7H2,1-2H3. The Hall–Kier alpha value is -0.240. The lowest BCUT2D eigenvalue weighted by Gasteiger charge is -2.16. The van der Waals surface area contributed by atoms with Crippen LogP contribution in [0.1, 0.15) is 38.2 Å². The Morgan fingerprint density at radius 1 is 1.38 bits per heavy atom. The van der Waals surface area contributed by atoms with Crippen molar-refractivity contribution in [2.45, 2.75) is 44.8 Å². The zero-order valence-electron chi connectivity index (χ0n) is 9.54.